The van der Waals surface area contributed by atoms with Gasteiger partial charge in [0.05, 0.1) is 11.5 Å². The summed E-state index contributed by atoms with van der Waals surface area (Å²) in [5.74, 6) is -3.71. The molecule has 0 bridgehead atoms. The predicted octanol–water partition coefficient (Wildman–Crippen LogP) is 4.21. The summed E-state index contributed by atoms with van der Waals surface area (Å²) in [6.45, 7) is 1.38. The monoisotopic (exact) mass is 294 g/mol. The van der Waals surface area contributed by atoms with Crippen molar-refractivity contribution in [2.24, 2.45) is 5.92 Å². The molecular weight excluding hydrogens is 279 g/mol. The van der Waals surface area contributed by atoms with E-state index in [-0.39, 0.29) is 36.8 Å². The van der Waals surface area contributed by atoms with Crippen LogP contribution in [0.3, 0.4) is 0 Å². The van der Waals surface area contributed by atoms with Gasteiger partial charge in [-0.25, -0.2) is 8.78 Å². The Kier molecular flexibility index (Phi) is 3.79. The molecule has 1 nitrogen and oxygen atoms in total. The molecule has 0 aliphatic heterocycles. The molecule has 2 rings (SSSR count). The summed E-state index contributed by atoms with van der Waals surface area (Å²) < 4.78 is 65.1. The first-order valence-corrected chi connectivity index (χ1v) is 6.39. The van der Waals surface area contributed by atoms with E-state index in [1.807, 2.05) is 0 Å². The predicted molar refractivity (Wildman–Crippen MR) is 63.0 cm³/mol. The number of rotatable bonds is 1. The smallest absolute Gasteiger partial charge is 0.385 e. The summed E-state index contributed by atoms with van der Waals surface area (Å²) in [6.07, 6.45) is -5.32. The van der Waals surface area contributed by atoms with Crippen LogP contribution in [0.25, 0.3) is 0 Å². The number of benzene rings is 1. The lowest BCUT2D eigenvalue weighted by atomic mass is 9.74. The highest BCUT2D eigenvalue weighted by Gasteiger charge is 2.46. The summed E-state index contributed by atoms with van der Waals surface area (Å²) >= 11 is 0. The molecule has 0 atom stereocenters. The van der Waals surface area contributed by atoms with Gasteiger partial charge >= 0.3 is 6.18 Å². The number of hydrogen-bond acceptors (Lipinski definition) is 1. The minimum Gasteiger partial charge on any atom is -0.385 e. The Bertz CT molecular complexity index is 501. The Balaban J connectivity index is 2.25. The maximum Gasteiger partial charge on any atom is 0.391 e. The van der Waals surface area contributed by atoms with Crippen LogP contribution >= 0.6 is 0 Å². The molecule has 1 fully saturated rings. The van der Waals surface area contributed by atoms with E-state index < -0.39 is 29.3 Å². The normalized spacial score (nSPS) is 27.6. The third-order valence-electron chi connectivity index (χ3n) is 4.05. The largest absolute Gasteiger partial charge is 0.391 e. The van der Waals surface area contributed by atoms with E-state index >= 15 is 0 Å². The van der Waals surface area contributed by atoms with Crippen LogP contribution in [-0.2, 0) is 5.60 Å². The molecule has 1 aromatic rings. The SMILES string of the molecule is Cc1ccc(C2(O)CCC(C(F)(F)F)CC2)c(F)c1F. The summed E-state index contributed by atoms with van der Waals surface area (Å²) in [4.78, 5) is 0. The summed E-state index contributed by atoms with van der Waals surface area (Å²) in [5.41, 5.74) is -1.87. The molecular formula is C14H15F5O. The van der Waals surface area contributed by atoms with Gasteiger partial charge in [-0.05, 0) is 38.2 Å². The molecule has 112 valence electrons. The molecule has 1 saturated carbocycles. The lowest BCUT2D eigenvalue weighted by Gasteiger charge is -2.37. The van der Waals surface area contributed by atoms with Gasteiger partial charge in [-0.2, -0.15) is 13.2 Å². The van der Waals surface area contributed by atoms with Crippen LogP contribution in [0.5, 0.6) is 0 Å². The van der Waals surface area contributed by atoms with E-state index in [0.29, 0.717) is 0 Å². The third-order valence-corrected chi connectivity index (χ3v) is 4.05. The fourth-order valence-corrected chi connectivity index (χ4v) is 2.70. The molecule has 1 aromatic carbocycles. The van der Waals surface area contributed by atoms with Crippen molar-refractivity contribution in [3.63, 3.8) is 0 Å². The summed E-state index contributed by atoms with van der Waals surface area (Å²) in [6, 6.07) is 2.57. The third kappa shape index (κ3) is 2.66. The van der Waals surface area contributed by atoms with Crippen molar-refractivity contribution >= 4 is 0 Å². The number of aliphatic hydroxyl groups is 1. The van der Waals surface area contributed by atoms with Crippen LogP contribution < -0.4 is 0 Å². The number of hydrogen-bond donors (Lipinski definition) is 1. The Morgan fingerprint density at radius 3 is 2.15 bits per heavy atom. The van der Waals surface area contributed by atoms with Gasteiger partial charge in [0.1, 0.15) is 0 Å². The van der Waals surface area contributed by atoms with Crippen molar-refractivity contribution < 1.29 is 27.1 Å². The zero-order chi connectivity index (χ0) is 15.1. The zero-order valence-corrected chi connectivity index (χ0v) is 10.9. The highest BCUT2D eigenvalue weighted by molar-refractivity contribution is 5.30. The van der Waals surface area contributed by atoms with Gasteiger partial charge < -0.3 is 5.11 Å². The van der Waals surface area contributed by atoms with Crippen LogP contribution in [0, 0.1) is 24.5 Å². The van der Waals surface area contributed by atoms with Crippen LogP contribution in [-0.4, -0.2) is 11.3 Å². The molecule has 0 spiro atoms. The second kappa shape index (κ2) is 4.98. The van der Waals surface area contributed by atoms with Gasteiger partial charge in [-0.15, -0.1) is 0 Å². The van der Waals surface area contributed by atoms with E-state index in [1.165, 1.54) is 19.1 Å². The van der Waals surface area contributed by atoms with Crippen molar-refractivity contribution in [1.82, 2.24) is 0 Å². The van der Waals surface area contributed by atoms with Gasteiger partial charge in [-0.3, -0.25) is 0 Å². The van der Waals surface area contributed by atoms with E-state index in [2.05, 4.69) is 0 Å². The summed E-state index contributed by atoms with van der Waals surface area (Å²) in [7, 11) is 0. The van der Waals surface area contributed by atoms with Crippen molar-refractivity contribution in [2.45, 2.75) is 44.4 Å². The highest BCUT2D eigenvalue weighted by atomic mass is 19.4. The Labute approximate surface area is 113 Å². The van der Waals surface area contributed by atoms with Gasteiger partial charge in [0.15, 0.2) is 11.6 Å². The number of halogens is 5. The lowest BCUT2D eigenvalue weighted by Crippen LogP contribution is -2.37. The molecule has 0 amide bonds. The van der Waals surface area contributed by atoms with E-state index in [4.69, 9.17) is 0 Å². The quantitative estimate of drug-likeness (QED) is 0.769. The molecule has 1 N–H and O–H groups in total. The molecule has 1 aliphatic rings. The van der Waals surface area contributed by atoms with E-state index in [0.717, 1.165) is 0 Å². The Hall–Kier alpha value is -1.17. The lowest BCUT2D eigenvalue weighted by molar-refractivity contribution is -0.193. The minimum absolute atomic E-state index is 0.0961. The molecule has 0 saturated heterocycles. The second-order valence-electron chi connectivity index (χ2n) is 5.41. The standard InChI is InChI=1S/C14H15F5O/c1-8-2-3-10(12(16)11(8)15)13(20)6-4-9(5-7-13)14(17,18)19/h2-3,9,20H,4-7H2,1H3. The van der Waals surface area contributed by atoms with E-state index in [1.54, 1.807) is 0 Å². The van der Waals surface area contributed by atoms with Crippen molar-refractivity contribution in [2.75, 3.05) is 0 Å². The van der Waals surface area contributed by atoms with Crippen LogP contribution in [0.2, 0.25) is 0 Å². The number of aryl methyl sites for hydroxylation is 1. The average molecular weight is 294 g/mol. The molecule has 20 heavy (non-hydrogen) atoms. The molecule has 0 aromatic heterocycles. The maximum atomic E-state index is 13.9. The maximum absolute atomic E-state index is 13.9. The average Bonchev–Trinajstić information content (AvgIpc) is 2.35. The Morgan fingerprint density at radius 2 is 1.65 bits per heavy atom. The van der Waals surface area contributed by atoms with E-state index in [9.17, 15) is 27.1 Å². The topological polar surface area (TPSA) is 20.2 Å². The van der Waals surface area contributed by atoms with Crippen LogP contribution in [0.4, 0.5) is 22.0 Å². The number of alkyl halides is 3. The highest BCUT2D eigenvalue weighted by Crippen LogP contribution is 2.45. The first kappa shape index (κ1) is 15.2. The zero-order valence-electron chi connectivity index (χ0n) is 10.9. The molecule has 0 radical (unpaired) electrons. The van der Waals surface area contributed by atoms with Gasteiger partial charge in [0.25, 0.3) is 0 Å². The van der Waals surface area contributed by atoms with Gasteiger partial charge in [-0.1, -0.05) is 12.1 Å². The van der Waals surface area contributed by atoms with Gasteiger partial charge in [0, 0.05) is 5.56 Å². The fourth-order valence-electron chi connectivity index (χ4n) is 2.70. The fraction of sp³-hybridized carbons (Fsp3) is 0.571. The first-order valence-electron chi connectivity index (χ1n) is 6.39. The first-order chi connectivity index (χ1) is 9.15. The molecule has 6 heteroatoms. The van der Waals surface area contributed by atoms with Gasteiger partial charge in [0.2, 0.25) is 0 Å². The second-order valence-corrected chi connectivity index (χ2v) is 5.41. The Morgan fingerprint density at radius 1 is 1.10 bits per heavy atom. The van der Waals surface area contributed by atoms with Crippen LogP contribution in [0.1, 0.15) is 36.8 Å². The molecule has 1 aliphatic carbocycles. The van der Waals surface area contributed by atoms with Crippen molar-refractivity contribution in [3.8, 4) is 0 Å². The summed E-state index contributed by atoms with van der Waals surface area (Å²) in [5, 5.41) is 10.3. The van der Waals surface area contributed by atoms with Crippen molar-refractivity contribution in [1.29, 1.82) is 0 Å². The van der Waals surface area contributed by atoms with Crippen molar-refractivity contribution in [3.05, 3.63) is 34.9 Å². The van der Waals surface area contributed by atoms with Crippen LogP contribution in [0.15, 0.2) is 12.1 Å². The minimum atomic E-state index is -4.31. The molecule has 0 heterocycles. The molecule has 0 unspecified atom stereocenters.